The molecule has 0 bridgehead atoms. The molecule has 2 aromatic rings. The van der Waals surface area contributed by atoms with Gasteiger partial charge in [0.2, 0.25) is 0 Å². The van der Waals surface area contributed by atoms with Crippen LogP contribution in [0.15, 0.2) is 24.3 Å². The molecule has 1 heterocycles. The van der Waals surface area contributed by atoms with Gasteiger partial charge in [-0.05, 0) is 49.1 Å². The standard InChI is InChI=1S/C13H16N4OS/c1-3-8-17(11-6-4-10(14)5-7-11)13(18)12-9(2)15-16-19-12/h4-7H,3,8,14H2,1-2H3. The van der Waals surface area contributed by atoms with Crippen molar-refractivity contribution in [2.24, 2.45) is 0 Å². The topological polar surface area (TPSA) is 72.1 Å². The average Bonchev–Trinajstić information content (AvgIpc) is 2.83. The molecular weight excluding hydrogens is 260 g/mol. The number of carbonyl (C=O) groups is 1. The molecule has 2 rings (SSSR count). The molecule has 5 nitrogen and oxygen atoms in total. The zero-order valence-electron chi connectivity index (χ0n) is 11.0. The summed E-state index contributed by atoms with van der Waals surface area (Å²) < 4.78 is 3.82. The Morgan fingerprint density at radius 1 is 1.37 bits per heavy atom. The zero-order chi connectivity index (χ0) is 13.8. The summed E-state index contributed by atoms with van der Waals surface area (Å²) in [5.41, 5.74) is 7.87. The molecule has 1 aromatic carbocycles. The van der Waals surface area contributed by atoms with E-state index < -0.39 is 0 Å². The van der Waals surface area contributed by atoms with Crippen LogP contribution in [-0.2, 0) is 0 Å². The third-order valence-electron chi connectivity index (χ3n) is 2.74. The van der Waals surface area contributed by atoms with Gasteiger partial charge in [0.15, 0.2) is 0 Å². The van der Waals surface area contributed by atoms with E-state index in [1.54, 1.807) is 24.0 Å². The number of anilines is 2. The molecule has 0 spiro atoms. The summed E-state index contributed by atoms with van der Waals surface area (Å²) in [7, 11) is 0. The molecule has 6 heteroatoms. The fourth-order valence-electron chi connectivity index (χ4n) is 1.78. The molecule has 0 fully saturated rings. The Kier molecular flexibility index (Phi) is 4.11. The van der Waals surface area contributed by atoms with Crippen molar-refractivity contribution in [2.75, 3.05) is 17.2 Å². The number of hydrogen-bond acceptors (Lipinski definition) is 5. The highest BCUT2D eigenvalue weighted by Gasteiger charge is 2.21. The Bertz CT molecular complexity index is 564. The highest BCUT2D eigenvalue weighted by molar-refractivity contribution is 7.08. The maximum atomic E-state index is 12.5. The largest absolute Gasteiger partial charge is 0.399 e. The highest BCUT2D eigenvalue weighted by Crippen LogP contribution is 2.21. The van der Waals surface area contributed by atoms with Crippen molar-refractivity contribution in [3.63, 3.8) is 0 Å². The van der Waals surface area contributed by atoms with E-state index >= 15 is 0 Å². The number of nitrogens with two attached hydrogens (primary N) is 1. The molecule has 1 amide bonds. The number of aryl methyl sites for hydroxylation is 1. The quantitative estimate of drug-likeness (QED) is 0.871. The molecule has 0 unspecified atom stereocenters. The number of rotatable bonds is 4. The van der Waals surface area contributed by atoms with Gasteiger partial charge < -0.3 is 10.6 Å². The second-order valence-corrected chi connectivity index (χ2v) is 4.99. The van der Waals surface area contributed by atoms with Gasteiger partial charge in [0.1, 0.15) is 4.88 Å². The molecule has 0 radical (unpaired) electrons. The summed E-state index contributed by atoms with van der Waals surface area (Å²) in [5, 5.41) is 3.89. The summed E-state index contributed by atoms with van der Waals surface area (Å²) in [4.78, 5) is 14.9. The molecule has 0 aliphatic heterocycles. The summed E-state index contributed by atoms with van der Waals surface area (Å²) in [6, 6.07) is 7.30. The molecule has 0 aliphatic rings. The predicted octanol–water partition coefficient (Wildman–Crippen LogP) is 2.49. The normalized spacial score (nSPS) is 10.4. The number of hydrogen-bond donors (Lipinski definition) is 1. The van der Waals surface area contributed by atoms with Crippen molar-refractivity contribution in [1.82, 2.24) is 9.59 Å². The lowest BCUT2D eigenvalue weighted by Gasteiger charge is -2.21. The molecule has 0 saturated carbocycles. The second kappa shape index (κ2) is 5.79. The third kappa shape index (κ3) is 2.90. The van der Waals surface area contributed by atoms with Crippen molar-refractivity contribution in [3.05, 3.63) is 34.8 Å². The zero-order valence-corrected chi connectivity index (χ0v) is 11.8. The van der Waals surface area contributed by atoms with Crippen LogP contribution < -0.4 is 10.6 Å². The Hall–Kier alpha value is -1.95. The van der Waals surface area contributed by atoms with E-state index in [9.17, 15) is 4.79 Å². The summed E-state index contributed by atoms with van der Waals surface area (Å²) in [6.07, 6.45) is 0.876. The average molecular weight is 276 g/mol. The van der Waals surface area contributed by atoms with Crippen LogP contribution in [0, 0.1) is 6.92 Å². The fraction of sp³-hybridized carbons (Fsp3) is 0.308. The van der Waals surface area contributed by atoms with Gasteiger partial charge in [0.05, 0.1) is 5.69 Å². The highest BCUT2D eigenvalue weighted by atomic mass is 32.1. The van der Waals surface area contributed by atoms with Crippen LogP contribution in [0.25, 0.3) is 0 Å². The summed E-state index contributed by atoms with van der Waals surface area (Å²) in [5.74, 6) is -0.0564. The van der Waals surface area contributed by atoms with Gasteiger partial charge in [-0.3, -0.25) is 4.79 Å². The van der Waals surface area contributed by atoms with Crippen molar-refractivity contribution >= 4 is 28.8 Å². The van der Waals surface area contributed by atoms with Crippen molar-refractivity contribution in [1.29, 1.82) is 0 Å². The second-order valence-electron chi connectivity index (χ2n) is 4.24. The molecule has 0 atom stereocenters. The number of nitrogens with zero attached hydrogens (tertiary/aromatic N) is 3. The van der Waals surface area contributed by atoms with E-state index in [1.165, 1.54) is 0 Å². The van der Waals surface area contributed by atoms with Crippen LogP contribution in [0.2, 0.25) is 0 Å². The fourth-order valence-corrected chi connectivity index (χ4v) is 2.38. The molecule has 0 saturated heterocycles. The third-order valence-corrected chi connectivity index (χ3v) is 3.56. The van der Waals surface area contributed by atoms with Crippen LogP contribution in [0.4, 0.5) is 11.4 Å². The van der Waals surface area contributed by atoms with E-state index in [4.69, 9.17) is 5.73 Å². The van der Waals surface area contributed by atoms with Gasteiger partial charge in [-0.15, -0.1) is 5.10 Å². The van der Waals surface area contributed by atoms with Gasteiger partial charge in [-0.25, -0.2) is 0 Å². The number of nitrogen functional groups attached to an aromatic ring is 1. The number of amides is 1. The van der Waals surface area contributed by atoms with Crippen LogP contribution >= 0.6 is 11.5 Å². The van der Waals surface area contributed by atoms with Gasteiger partial charge in [0.25, 0.3) is 5.91 Å². The van der Waals surface area contributed by atoms with Gasteiger partial charge in [0, 0.05) is 17.9 Å². The molecule has 100 valence electrons. The Morgan fingerprint density at radius 2 is 2.05 bits per heavy atom. The van der Waals surface area contributed by atoms with Crippen LogP contribution in [0.1, 0.15) is 28.7 Å². The monoisotopic (exact) mass is 276 g/mol. The van der Waals surface area contributed by atoms with Crippen molar-refractivity contribution in [2.45, 2.75) is 20.3 Å². The lowest BCUT2D eigenvalue weighted by atomic mass is 10.2. The van der Waals surface area contributed by atoms with Crippen molar-refractivity contribution < 1.29 is 4.79 Å². The first kappa shape index (κ1) is 13.5. The Balaban J connectivity index is 2.32. The SMILES string of the molecule is CCCN(C(=O)c1snnc1C)c1ccc(N)cc1. The van der Waals surface area contributed by atoms with Gasteiger partial charge in [-0.2, -0.15) is 0 Å². The van der Waals surface area contributed by atoms with E-state index in [-0.39, 0.29) is 5.91 Å². The molecule has 19 heavy (non-hydrogen) atoms. The molecule has 0 aliphatic carbocycles. The van der Waals surface area contributed by atoms with Crippen LogP contribution in [0.3, 0.4) is 0 Å². The molecular formula is C13H16N4OS. The molecule has 1 aromatic heterocycles. The van der Waals surface area contributed by atoms with Gasteiger partial charge in [-0.1, -0.05) is 11.4 Å². The van der Waals surface area contributed by atoms with Gasteiger partial charge >= 0.3 is 0 Å². The molecule has 2 N–H and O–H groups in total. The maximum Gasteiger partial charge on any atom is 0.271 e. The van der Waals surface area contributed by atoms with E-state index in [0.717, 1.165) is 23.6 Å². The Morgan fingerprint density at radius 3 is 2.58 bits per heavy atom. The van der Waals surface area contributed by atoms with E-state index in [2.05, 4.69) is 9.59 Å². The number of benzene rings is 1. The lowest BCUT2D eigenvalue weighted by Crippen LogP contribution is -2.31. The number of aromatic nitrogens is 2. The maximum absolute atomic E-state index is 12.5. The van der Waals surface area contributed by atoms with Crippen molar-refractivity contribution in [3.8, 4) is 0 Å². The minimum atomic E-state index is -0.0564. The first-order valence-electron chi connectivity index (χ1n) is 6.10. The first-order valence-corrected chi connectivity index (χ1v) is 6.87. The summed E-state index contributed by atoms with van der Waals surface area (Å²) in [6.45, 7) is 4.49. The van der Waals surface area contributed by atoms with E-state index in [1.807, 2.05) is 19.1 Å². The van der Waals surface area contributed by atoms with Crippen LogP contribution in [-0.4, -0.2) is 22.0 Å². The minimum Gasteiger partial charge on any atom is -0.399 e. The van der Waals surface area contributed by atoms with E-state index in [0.29, 0.717) is 22.8 Å². The first-order chi connectivity index (χ1) is 9.13. The predicted molar refractivity (Wildman–Crippen MR) is 77.5 cm³/mol. The summed E-state index contributed by atoms with van der Waals surface area (Å²) >= 11 is 1.13. The number of carbonyl (C=O) groups excluding carboxylic acids is 1. The minimum absolute atomic E-state index is 0.0564. The Labute approximate surface area is 116 Å². The van der Waals surface area contributed by atoms with Crippen LogP contribution in [0.5, 0.6) is 0 Å². The lowest BCUT2D eigenvalue weighted by molar-refractivity contribution is 0.0990. The smallest absolute Gasteiger partial charge is 0.271 e.